The molecule has 0 aliphatic carbocycles. The first kappa shape index (κ1) is 15.9. The van der Waals surface area contributed by atoms with Gasteiger partial charge in [-0.1, -0.05) is 27.5 Å². The number of benzene rings is 2. The number of hydrogen-bond donors (Lipinski definition) is 2. The molecule has 3 rings (SSSR count). The molecule has 0 aliphatic heterocycles. The summed E-state index contributed by atoms with van der Waals surface area (Å²) in [4.78, 5) is 0. The minimum absolute atomic E-state index is 0.125. The third kappa shape index (κ3) is 3.52. The Hall–Kier alpha value is -1.96. The van der Waals surface area contributed by atoms with Gasteiger partial charge >= 0.3 is 0 Å². The second kappa shape index (κ2) is 6.66. The number of phenolic OH excluding ortho intramolecular Hbond substituents is 1. The summed E-state index contributed by atoms with van der Waals surface area (Å²) in [6, 6.07) is 12.3. The average Bonchev–Trinajstić information content (AvgIpc) is 2.90. The van der Waals surface area contributed by atoms with Gasteiger partial charge in [0.15, 0.2) is 5.82 Å². The van der Waals surface area contributed by atoms with Crippen molar-refractivity contribution < 1.29 is 5.11 Å². The first-order chi connectivity index (χ1) is 11.0. The van der Waals surface area contributed by atoms with E-state index < -0.39 is 0 Å². The van der Waals surface area contributed by atoms with Crippen LogP contribution in [-0.2, 0) is 0 Å². The monoisotopic (exact) mass is 408 g/mol. The van der Waals surface area contributed by atoms with Crippen LogP contribution in [0.4, 0.5) is 0 Å². The second-order valence-corrected chi connectivity index (χ2v) is 6.36. The van der Waals surface area contributed by atoms with Crippen LogP contribution in [-0.4, -0.2) is 26.2 Å². The van der Waals surface area contributed by atoms with Crippen LogP contribution in [0.25, 0.3) is 11.4 Å². The third-order valence-corrected chi connectivity index (χ3v) is 4.06. The Morgan fingerprint density at radius 3 is 2.74 bits per heavy atom. The number of nitrogens with one attached hydrogen (secondary N) is 1. The van der Waals surface area contributed by atoms with Crippen molar-refractivity contribution in [2.75, 3.05) is 0 Å². The molecule has 0 amide bonds. The molecule has 2 N–H and O–H groups in total. The summed E-state index contributed by atoms with van der Waals surface area (Å²) in [7, 11) is 0. The third-order valence-electron chi connectivity index (χ3n) is 3.05. The summed E-state index contributed by atoms with van der Waals surface area (Å²) in [5.74, 6) is 0.678. The van der Waals surface area contributed by atoms with E-state index in [2.05, 4.69) is 31.2 Å². The maximum Gasteiger partial charge on any atom is 0.216 e. The van der Waals surface area contributed by atoms with Gasteiger partial charge in [0.25, 0.3) is 0 Å². The maximum absolute atomic E-state index is 9.86. The van der Waals surface area contributed by atoms with Crippen molar-refractivity contribution in [3.8, 4) is 17.1 Å². The van der Waals surface area contributed by atoms with Crippen LogP contribution < -0.4 is 0 Å². The van der Waals surface area contributed by atoms with Crippen LogP contribution in [0.15, 0.2) is 52.0 Å². The number of hydrogen-bond acceptors (Lipinski definition) is 4. The Labute approximate surface area is 150 Å². The minimum atomic E-state index is 0.125. The van der Waals surface area contributed by atoms with Crippen molar-refractivity contribution >= 4 is 46.0 Å². The highest BCUT2D eigenvalue weighted by Gasteiger charge is 2.08. The summed E-state index contributed by atoms with van der Waals surface area (Å²) in [6.07, 6.45) is 1.52. The van der Waals surface area contributed by atoms with Gasteiger partial charge in [0.05, 0.1) is 6.21 Å². The molecule has 0 spiro atoms. The lowest BCUT2D eigenvalue weighted by atomic mass is 10.2. The number of aromatic amines is 1. The van der Waals surface area contributed by atoms with E-state index in [0.29, 0.717) is 21.2 Å². The quantitative estimate of drug-likeness (QED) is 0.490. The van der Waals surface area contributed by atoms with Crippen LogP contribution in [0.5, 0.6) is 5.75 Å². The van der Waals surface area contributed by atoms with Gasteiger partial charge in [0.1, 0.15) is 5.75 Å². The van der Waals surface area contributed by atoms with E-state index in [9.17, 15) is 5.11 Å². The molecule has 1 heterocycles. The number of phenols is 1. The average molecular weight is 410 g/mol. The van der Waals surface area contributed by atoms with Gasteiger partial charge in [0, 0.05) is 20.6 Å². The van der Waals surface area contributed by atoms with Crippen molar-refractivity contribution in [1.82, 2.24) is 14.9 Å². The molecule has 1 aromatic heterocycles. The first-order valence-corrected chi connectivity index (χ1v) is 8.09. The van der Waals surface area contributed by atoms with E-state index in [4.69, 9.17) is 23.8 Å². The molecule has 8 heteroatoms. The lowest BCUT2D eigenvalue weighted by Crippen LogP contribution is -1.95. The molecule has 0 saturated carbocycles. The fourth-order valence-electron chi connectivity index (χ4n) is 1.93. The lowest BCUT2D eigenvalue weighted by Gasteiger charge is -2.02. The topological polar surface area (TPSA) is 66.2 Å². The van der Waals surface area contributed by atoms with Crippen LogP contribution >= 0.6 is 39.7 Å². The normalized spacial score (nSPS) is 11.2. The highest BCUT2D eigenvalue weighted by Crippen LogP contribution is 2.22. The molecule has 116 valence electrons. The second-order valence-electron chi connectivity index (χ2n) is 4.62. The molecule has 0 saturated heterocycles. The highest BCUT2D eigenvalue weighted by molar-refractivity contribution is 9.10. The summed E-state index contributed by atoms with van der Waals surface area (Å²) in [5, 5.41) is 21.7. The first-order valence-electron chi connectivity index (χ1n) is 6.51. The molecule has 5 nitrogen and oxygen atoms in total. The minimum Gasteiger partial charge on any atom is -0.507 e. The molecule has 0 bridgehead atoms. The van der Waals surface area contributed by atoms with Crippen molar-refractivity contribution in [1.29, 1.82) is 0 Å². The Morgan fingerprint density at radius 1 is 1.26 bits per heavy atom. The van der Waals surface area contributed by atoms with Gasteiger partial charge in [-0.2, -0.15) is 14.9 Å². The van der Waals surface area contributed by atoms with E-state index in [-0.39, 0.29) is 5.75 Å². The molecule has 0 aliphatic rings. The van der Waals surface area contributed by atoms with Crippen LogP contribution in [0, 0.1) is 4.77 Å². The molecular weight excluding hydrogens is 400 g/mol. The van der Waals surface area contributed by atoms with E-state index in [1.807, 2.05) is 12.1 Å². The van der Waals surface area contributed by atoms with Gasteiger partial charge in [-0.25, -0.2) is 5.10 Å². The van der Waals surface area contributed by atoms with E-state index in [0.717, 1.165) is 10.0 Å². The Bertz CT molecular complexity index is 933. The number of aromatic nitrogens is 3. The fourth-order valence-corrected chi connectivity index (χ4v) is 2.62. The van der Waals surface area contributed by atoms with Crippen LogP contribution in [0.2, 0.25) is 5.02 Å². The maximum atomic E-state index is 9.86. The predicted octanol–water partition coefficient (Wildman–Crippen LogP) is 4.61. The molecule has 0 unspecified atom stereocenters. The molecule has 2 aromatic carbocycles. The number of H-pyrrole nitrogens is 1. The lowest BCUT2D eigenvalue weighted by molar-refractivity contribution is 0.474. The Morgan fingerprint density at radius 2 is 2.00 bits per heavy atom. The van der Waals surface area contributed by atoms with Crippen molar-refractivity contribution in [3.63, 3.8) is 0 Å². The Kier molecular flexibility index (Phi) is 4.61. The smallest absolute Gasteiger partial charge is 0.216 e. The predicted molar refractivity (Wildman–Crippen MR) is 96.7 cm³/mol. The van der Waals surface area contributed by atoms with Gasteiger partial charge in [-0.3, -0.25) is 0 Å². The standard InChI is InChI=1S/C15H10BrClN4OS/c16-11-3-6-13(22)10(7-11)8-18-21-14(19-20-15(21)23)9-1-4-12(17)5-2-9/h1-8,22H,(H,20,23). The zero-order valence-electron chi connectivity index (χ0n) is 11.6. The van der Waals surface area contributed by atoms with E-state index in [1.54, 1.807) is 30.3 Å². The SMILES string of the molecule is Oc1ccc(Br)cc1C=Nn1c(-c2ccc(Cl)cc2)n[nH]c1=S. The number of rotatable bonds is 3. The van der Waals surface area contributed by atoms with E-state index >= 15 is 0 Å². The molecule has 0 fully saturated rings. The fraction of sp³-hybridized carbons (Fsp3) is 0. The van der Waals surface area contributed by atoms with Crippen molar-refractivity contribution in [2.45, 2.75) is 0 Å². The van der Waals surface area contributed by atoms with Gasteiger partial charge < -0.3 is 5.11 Å². The summed E-state index contributed by atoms with van der Waals surface area (Å²) >= 11 is 14.5. The van der Waals surface area contributed by atoms with Crippen molar-refractivity contribution in [3.05, 3.63) is 62.3 Å². The van der Waals surface area contributed by atoms with Crippen LogP contribution in [0.3, 0.4) is 0 Å². The number of halogens is 2. The Balaban J connectivity index is 2.02. The van der Waals surface area contributed by atoms with Gasteiger partial charge in [0.2, 0.25) is 4.77 Å². The van der Waals surface area contributed by atoms with Crippen LogP contribution in [0.1, 0.15) is 5.56 Å². The van der Waals surface area contributed by atoms with Crippen molar-refractivity contribution in [2.24, 2.45) is 5.10 Å². The molecule has 3 aromatic rings. The zero-order chi connectivity index (χ0) is 16.4. The number of aromatic hydroxyl groups is 1. The molecule has 0 radical (unpaired) electrons. The van der Waals surface area contributed by atoms with Gasteiger partial charge in [-0.15, -0.1) is 0 Å². The summed E-state index contributed by atoms with van der Waals surface area (Å²) in [5.41, 5.74) is 1.38. The van der Waals surface area contributed by atoms with E-state index in [1.165, 1.54) is 10.9 Å². The summed E-state index contributed by atoms with van der Waals surface area (Å²) < 4.78 is 2.67. The molecule has 0 atom stereocenters. The van der Waals surface area contributed by atoms with Gasteiger partial charge in [-0.05, 0) is 54.7 Å². The number of nitrogens with zero attached hydrogens (tertiary/aromatic N) is 3. The highest BCUT2D eigenvalue weighted by atomic mass is 79.9. The largest absolute Gasteiger partial charge is 0.507 e. The molecular formula is C15H10BrClN4OS. The summed E-state index contributed by atoms with van der Waals surface area (Å²) in [6.45, 7) is 0. The molecule has 23 heavy (non-hydrogen) atoms. The zero-order valence-corrected chi connectivity index (χ0v) is 14.7.